The number of ketones is 1. The smallest absolute Gasteiger partial charge is 0.231 e. The highest BCUT2D eigenvalue weighted by Crippen LogP contribution is 2.50. The molecule has 2 atom stereocenters. The highest BCUT2D eigenvalue weighted by atomic mass is 16.7. The molecule has 1 aromatic rings. The molecular weight excluding hydrogens is 390 g/mol. The molecule has 1 aromatic carbocycles. The molecule has 0 saturated carbocycles. The summed E-state index contributed by atoms with van der Waals surface area (Å²) >= 11 is 0. The molecular formula is C26H35NO4. The Kier molecular flexibility index (Phi) is 5.91. The largest absolute Gasteiger partial charge is 0.492 e. The summed E-state index contributed by atoms with van der Waals surface area (Å²) in [5.74, 6) is 2.61. The van der Waals surface area contributed by atoms with E-state index in [-0.39, 0.29) is 24.0 Å². The standard InChI is InChI=1S/C26H35NO4/c1-16-8-7-10-26(3,4)19(16)12-17(2)21(28)14-20-23-18(9-11-27(20)5)13-22-24(25(23)29-6)31-15-30-22/h8,12-13,19-20H,7,9-11,14-15H2,1-6H3/b17-12+/t19-,20+/m1/s1. The molecule has 168 valence electrons. The average molecular weight is 426 g/mol. The number of hydrogen-bond donors (Lipinski definition) is 0. The van der Waals surface area contributed by atoms with E-state index < -0.39 is 0 Å². The fraction of sp³-hybridized carbons (Fsp3) is 0.577. The van der Waals surface area contributed by atoms with Gasteiger partial charge in [-0.15, -0.1) is 0 Å². The lowest BCUT2D eigenvalue weighted by molar-refractivity contribution is -0.116. The Balaban J connectivity index is 1.63. The van der Waals surface area contributed by atoms with Gasteiger partial charge < -0.3 is 14.2 Å². The lowest BCUT2D eigenvalue weighted by Crippen LogP contribution is -2.34. The Bertz CT molecular complexity index is 943. The van der Waals surface area contributed by atoms with Crippen molar-refractivity contribution in [2.75, 3.05) is 27.5 Å². The van der Waals surface area contributed by atoms with Crippen LogP contribution in [0.15, 0.2) is 29.4 Å². The average Bonchev–Trinajstić information content (AvgIpc) is 3.19. The van der Waals surface area contributed by atoms with E-state index in [4.69, 9.17) is 14.2 Å². The first-order valence-electron chi connectivity index (χ1n) is 11.3. The van der Waals surface area contributed by atoms with Crippen LogP contribution in [0, 0.1) is 11.3 Å². The summed E-state index contributed by atoms with van der Waals surface area (Å²) in [5.41, 5.74) is 4.66. The number of benzene rings is 1. The second kappa shape index (κ2) is 8.34. The minimum atomic E-state index is -0.0416. The first kappa shape index (κ1) is 21.9. The van der Waals surface area contributed by atoms with Crippen molar-refractivity contribution >= 4 is 5.78 Å². The Morgan fingerprint density at radius 2 is 2.13 bits per heavy atom. The number of methoxy groups -OCH3 is 1. The zero-order valence-electron chi connectivity index (χ0n) is 19.7. The van der Waals surface area contributed by atoms with Crippen molar-refractivity contribution in [1.82, 2.24) is 4.90 Å². The summed E-state index contributed by atoms with van der Waals surface area (Å²) in [6.45, 7) is 9.88. The summed E-state index contributed by atoms with van der Waals surface area (Å²) in [4.78, 5) is 15.6. The Morgan fingerprint density at radius 3 is 2.84 bits per heavy atom. The van der Waals surface area contributed by atoms with Gasteiger partial charge in [0.05, 0.1) is 7.11 Å². The Labute approximate surface area is 186 Å². The van der Waals surface area contributed by atoms with E-state index in [2.05, 4.69) is 50.9 Å². The van der Waals surface area contributed by atoms with Crippen LogP contribution in [0.5, 0.6) is 17.2 Å². The molecule has 0 spiro atoms. The van der Waals surface area contributed by atoms with E-state index in [0.29, 0.717) is 23.8 Å². The predicted octanol–water partition coefficient (Wildman–Crippen LogP) is 5.24. The fourth-order valence-electron chi connectivity index (χ4n) is 5.39. The number of likely N-dealkylation sites (N-methyl/N-ethyl adjacent to an activating group) is 1. The van der Waals surface area contributed by atoms with E-state index >= 15 is 0 Å². The molecule has 1 aliphatic carbocycles. The number of hydrogen-bond acceptors (Lipinski definition) is 5. The van der Waals surface area contributed by atoms with Crippen molar-refractivity contribution in [2.24, 2.45) is 11.3 Å². The van der Waals surface area contributed by atoms with Crippen LogP contribution in [0.25, 0.3) is 0 Å². The summed E-state index contributed by atoms with van der Waals surface area (Å²) in [6, 6.07) is 2.02. The van der Waals surface area contributed by atoms with Gasteiger partial charge in [-0.3, -0.25) is 9.69 Å². The molecule has 2 heterocycles. The third-order valence-electron chi connectivity index (χ3n) is 7.37. The normalized spacial score (nSPS) is 25.1. The number of rotatable bonds is 5. The van der Waals surface area contributed by atoms with Gasteiger partial charge in [-0.1, -0.05) is 31.6 Å². The molecule has 31 heavy (non-hydrogen) atoms. The maximum absolute atomic E-state index is 13.4. The highest BCUT2D eigenvalue weighted by Gasteiger charge is 2.36. The van der Waals surface area contributed by atoms with Gasteiger partial charge >= 0.3 is 0 Å². The van der Waals surface area contributed by atoms with Crippen LogP contribution in [0.4, 0.5) is 0 Å². The van der Waals surface area contributed by atoms with Gasteiger partial charge in [0, 0.05) is 30.5 Å². The van der Waals surface area contributed by atoms with Crippen LogP contribution in [-0.2, 0) is 11.2 Å². The van der Waals surface area contributed by atoms with Crippen LogP contribution in [0.2, 0.25) is 0 Å². The molecule has 0 unspecified atom stereocenters. The summed E-state index contributed by atoms with van der Waals surface area (Å²) in [5, 5.41) is 0. The number of carbonyl (C=O) groups is 1. The fourth-order valence-corrected chi connectivity index (χ4v) is 5.39. The molecule has 0 saturated heterocycles. The molecule has 0 N–H and O–H groups in total. The van der Waals surface area contributed by atoms with Gasteiger partial charge in [-0.2, -0.15) is 0 Å². The third-order valence-corrected chi connectivity index (χ3v) is 7.37. The van der Waals surface area contributed by atoms with E-state index in [1.54, 1.807) is 7.11 Å². The van der Waals surface area contributed by atoms with Crippen LogP contribution < -0.4 is 14.2 Å². The minimum Gasteiger partial charge on any atom is -0.492 e. The first-order valence-corrected chi connectivity index (χ1v) is 11.3. The van der Waals surface area contributed by atoms with Crippen LogP contribution >= 0.6 is 0 Å². The first-order chi connectivity index (χ1) is 14.7. The third kappa shape index (κ3) is 4.00. The van der Waals surface area contributed by atoms with Crippen molar-refractivity contribution in [1.29, 1.82) is 0 Å². The highest BCUT2D eigenvalue weighted by molar-refractivity contribution is 5.95. The van der Waals surface area contributed by atoms with Gasteiger partial charge in [0.1, 0.15) is 0 Å². The summed E-state index contributed by atoms with van der Waals surface area (Å²) in [6.07, 6.45) is 8.12. The van der Waals surface area contributed by atoms with Gasteiger partial charge in [0.2, 0.25) is 12.5 Å². The van der Waals surface area contributed by atoms with Gasteiger partial charge in [0.25, 0.3) is 0 Å². The molecule has 5 nitrogen and oxygen atoms in total. The minimum absolute atomic E-state index is 0.0416. The molecule has 3 aliphatic rings. The van der Waals surface area contributed by atoms with E-state index in [1.165, 1.54) is 11.1 Å². The van der Waals surface area contributed by atoms with Crippen LogP contribution in [-0.4, -0.2) is 38.2 Å². The SMILES string of the molecule is COc1c2c(cc3c1[C@H](CC(=O)/C(C)=C/[C@@H]1C(C)=CCCC1(C)C)N(C)CC3)OCO2. The number of carbonyl (C=O) groups excluding carboxylic acids is 1. The maximum Gasteiger partial charge on any atom is 0.231 e. The summed E-state index contributed by atoms with van der Waals surface area (Å²) in [7, 11) is 3.75. The van der Waals surface area contributed by atoms with Gasteiger partial charge in [-0.25, -0.2) is 0 Å². The molecule has 5 heteroatoms. The lowest BCUT2D eigenvalue weighted by atomic mass is 9.68. The predicted molar refractivity (Wildman–Crippen MR) is 122 cm³/mol. The molecule has 0 amide bonds. The van der Waals surface area contributed by atoms with Crippen molar-refractivity contribution in [3.8, 4) is 17.2 Å². The molecule has 4 rings (SSSR count). The molecule has 0 aromatic heterocycles. The Morgan fingerprint density at radius 1 is 1.35 bits per heavy atom. The second-order valence-corrected chi connectivity index (χ2v) is 9.89. The quantitative estimate of drug-likeness (QED) is 0.477. The van der Waals surface area contributed by atoms with Crippen LogP contribution in [0.1, 0.15) is 64.1 Å². The second-order valence-electron chi connectivity index (χ2n) is 9.89. The van der Waals surface area contributed by atoms with Crippen LogP contribution in [0.3, 0.4) is 0 Å². The number of fused-ring (bicyclic) bond motifs is 2. The molecule has 0 bridgehead atoms. The van der Waals surface area contributed by atoms with Gasteiger partial charge in [-0.05, 0) is 62.8 Å². The monoisotopic (exact) mass is 425 g/mol. The number of Topliss-reactive ketones (excluding diaryl/α,β-unsaturated/α-hetero) is 1. The number of ether oxygens (including phenoxy) is 3. The van der Waals surface area contributed by atoms with E-state index in [9.17, 15) is 4.79 Å². The zero-order valence-corrected chi connectivity index (χ0v) is 19.7. The summed E-state index contributed by atoms with van der Waals surface area (Å²) < 4.78 is 17.1. The molecule has 0 radical (unpaired) electrons. The number of nitrogens with zero attached hydrogens (tertiary/aromatic N) is 1. The maximum atomic E-state index is 13.4. The zero-order chi connectivity index (χ0) is 22.3. The van der Waals surface area contributed by atoms with E-state index in [0.717, 1.165) is 42.7 Å². The lowest BCUT2D eigenvalue weighted by Gasteiger charge is -2.37. The van der Waals surface area contributed by atoms with Crippen molar-refractivity contribution in [3.05, 3.63) is 40.5 Å². The van der Waals surface area contributed by atoms with Crippen molar-refractivity contribution in [3.63, 3.8) is 0 Å². The topological polar surface area (TPSA) is 48.0 Å². The number of allylic oxidation sites excluding steroid dienone is 4. The van der Waals surface area contributed by atoms with Crippen molar-refractivity contribution < 1.29 is 19.0 Å². The molecule has 0 fully saturated rings. The van der Waals surface area contributed by atoms with Crippen molar-refractivity contribution in [2.45, 2.75) is 59.4 Å². The van der Waals surface area contributed by atoms with Gasteiger partial charge in [0.15, 0.2) is 17.3 Å². The molecule has 2 aliphatic heterocycles. The van der Waals surface area contributed by atoms with E-state index in [1.807, 2.05) is 6.92 Å². The Hall–Kier alpha value is -2.27.